The lowest BCUT2D eigenvalue weighted by Crippen LogP contribution is -2.53. The Labute approximate surface area is 251 Å². The van der Waals surface area contributed by atoms with Crippen molar-refractivity contribution in [2.45, 2.75) is 91.1 Å². The molecule has 7 rings (SSSR count). The number of ether oxygens (including phenoxy) is 3. The molecule has 11 atom stereocenters. The lowest BCUT2D eigenvalue weighted by Gasteiger charge is -2.46. The summed E-state index contributed by atoms with van der Waals surface area (Å²) in [6, 6.07) is 0. The highest BCUT2D eigenvalue weighted by atomic mass is 16.6. The molecule has 0 aromatic carbocycles. The van der Waals surface area contributed by atoms with E-state index in [2.05, 4.69) is 6.58 Å². The number of ketones is 1. The molecular formula is C35H40O8. The van der Waals surface area contributed by atoms with Crippen LogP contribution in [0.1, 0.15) is 67.2 Å². The van der Waals surface area contributed by atoms with Crippen LogP contribution in [0.15, 0.2) is 58.7 Å². The van der Waals surface area contributed by atoms with Gasteiger partial charge in [0, 0.05) is 51.7 Å². The molecule has 2 heterocycles. The third-order valence-corrected chi connectivity index (χ3v) is 12.7. The lowest BCUT2D eigenvalue weighted by atomic mass is 9.54. The Morgan fingerprint density at radius 3 is 2.56 bits per heavy atom. The van der Waals surface area contributed by atoms with E-state index in [-0.39, 0.29) is 24.5 Å². The molecule has 0 aromatic heterocycles. The van der Waals surface area contributed by atoms with Gasteiger partial charge in [0.15, 0.2) is 5.78 Å². The second kappa shape index (κ2) is 8.68. The fourth-order valence-electron chi connectivity index (χ4n) is 10.5. The molecule has 7 aliphatic rings. The summed E-state index contributed by atoms with van der Waals surface area (Å²) in [7, 11) is 0. The Balaban J connectivity index is 1.44. The maximum Gasteiger partial charge on any atom is 0.334 e. The third-order valence-electron chi connectivity index (χ3n) is 12.7. The quantitative estimate of drug-likeness (QED) is 0.217. The monoisotopic (exact) mass is 588 g/mol. The van der Waals surface area contributed by atoms with Crippen molar-refractivity contribution in [3.8, 4) is 0 Å². The molecule has 2 unspecified atom stereocenters. The van der Waals surface area contributed by atoms with E-state index < -0.39 is 75.8 Å². The number of hydrogen-bond donors (Lipinski definition) is 1. The van der Waals surface area contributed by atoms with Crippen molar-refractivity contribution in [1.29, 1.82) is 0 Å². The molecule has 0 aromatic rings. The molecule has 4 fully saturated rings. The Morgan fingerprint density at radius 2 is 1.86 bits per heavy atom. The molecule has 0 radical (unpaired) electrons. The molecule has 8 nitrogen and oxygen atoms in total. The van der Waals surface area contributed by atoms with Crippen molar-refractivity contribution in [3.63, 3.8) is 0 Å². The molecule has 8 heteroatoms. The number of allylic oxidation sites excluding steroid dienone is 3. The van der Waals surface area contributed by atoms with Crippen molar-refractivity contribution >= 4 is 23.7 Å². The standard InChI is InChI=1S/C35H40O8/c1-8-16(2)29(37)41-22-14-18(4)23-21(36)13-17(3)24(23)27-25(22)35(31(39)43-27)15-34-12-11-32(35,6)28(34)26-20(9-10-33(34,7)40)19(5)30(38)42-26/h8,11-13,20,22,24-28,40H,5,9-10,14-15H2,1-4,6-7H3/b16-8+/t20-,22-,24-,25+,26-,27+,28-,32-,33+,34?,35?/m0/s1. The van der Waals surface area contributed by atoms with Gasteiger partial charge in [-0.15, -0.1) is 0 Å². The molecule has 2 aliphatic heterocycles. The summed E-state index contributed by atoms with van der Waals surface area (Å²) in [5, 5.41) is 12.3. The Kier molecular flexibility index (Phi) is 5.75. The number of aliphatic hydroxyl groups is 1. The SMILES string of the molecule is C=C1C(=O)O[C@@H]2[C@@H]3C4(C=C[C@]3(C)C3(C4)C(=O)O[C@@H]4[C@H]5C(C)=CC(=O)C5=C(C)C[C@H](OC(=O)/C(C)=C/C)[C@H]43)[C@](C)(O)CC[C@@H]12. The summed E-state index contributed by atoms with van der Waals surface area (Å²) in [4.78, 5) is 54.2. The average Bonchev–Trinajstić information content (AvgIpc) is 3.62. The van der Waals surface area contributed by atoms with E-state index in [1.54, 1.807) is 26.0 Å². The van der Waals surface area contributed by atoms with Crippen molar-refractivity contribution in [1.82, 2.24) is 0 Å². The average molecular weight is 589 g/mol. The first-order valence-electron chi connectivity index (χ1n) is 15.4. The van der Waals surface area contributed by atoms with E-state index in [9.17, 15) is 24.3 Å². The zero-order valence-corrected chi connectivity index (χ0v) is 25.7. The van der Waals surface area contributed by atoms with Crippen LogP contribution in [0.4, 0.5) is 0 Å². The molecule has 0 amide bonds. The van der Waals surface area contributed by atoms with Gasteiger partial charge in [0.05, 0.1) is 16.9 Å². The Morgan fingerprint density at radius 1 is 1.14 bits per heavy atom. The van der Waals surface area contributed by atoms with Crippen LogP contribution in [0.3, 0.4) is 0 Å². The molecular weight excluding hydrogens is 548 g/mol. The highest BCUT2D eigenvalue weighted by molar-refractivity contribution is 6.09. The minimum absolute atomic E-state index is 0.0997. The van der Waals surface area contributed by atoms with Crippen molar-refractivity contribution in [2.24, 2.45) is 39.9 Å². The fraction of sp³-hybridized carbons (Fsp3) is 0.600. The minimum atomic E-state index is -1.22. The Hall–Kier alpha value is -3.26. The van der Waals surface area contributed by atoms with Crippen LogP contribution in [-0.2, 0) is 33.4 Å². The predicted octanol–water partition coefficient (Wildman–Crippen LogP) is 4.48. The van der Waals surface area contributed by atoms with E-state index >= 15 is 0 Å². The van der Waals surface area contributed by atoms with Gasteiger partial charge in [-0.2, -0.15) is 0 Å². The van der Waals surface area contributed by atoms with E-state index in [1.807, 2.05) is 39.8 Å². The number of esters is 3. The van der Waals surface area contributed by atoms with E-state index in [1.165, 1.54) is 0 Å². The smallest absolute Gasteiger partial charge is 0.334 e. The van der Waals surface area contributed by atoms with Crippen LogP contribution >= 0.6 is 0 Å². The first kappa shape index (κ1) is 28.5. The van der Waals surface area contributed by atoms with Gasteiger partial charge in [-0.25, -0.2) is 9.59 Å². The van der Waals surface area contributed by atoms with E-state index in [4.69, 9.17) is 14.2 Å². The molecule has 1 N–H and O–H groups in total. The summed E-state index contributed by atoms with van der Waals surface area (Å²) in [6.07, 6.45) is 6.82. The normalized spacial score (nSPS) is 47.9. The van der Waals surface area contributed by atoms with Crippen LogP contribution in [0.2, 0.25) is 0 Å². The first-order valence-corrected chi connectivity index (χ1v) is 15.4. The van der Waals surface area contributed by atoms with Crippen molar-refractivity contribution in [3.05, 3.63) is 58.7 Å². The Bertz CT molecular complexity index is 1540. The van der Waals surface area contributed by atoms with E-state index in [0.29, 0.717) is 29.6 Å². The van der Waals surface area contributed by atoms with Gasteiger partial charge in [0.25, 0.3) is 0 Å². The van der Waals surface area contributed by atoms with Crippen LogP contribution in [0.25, 0.3) is 0 Å². The summed E-state index contributed by atoms with van der Waals surface area (Å²) >= 11 is 0. The first-order chi connectivity index (χ1) is 20.1. The van der Waals surface area contributed by atoms with Crippen LogP contribution in [0.5, 0.6) is 0 Å². The number of hydrogen-bond acceptors (Lipinski definition) is 8. The van der Waals surface area contributed by atoms with Gasteiger partial charge in [-0.05, 0) is 60.0 Å². The zero-order chi connectivity index (χ0) is 31.0. The van der Waals surface area contributed by atoms with Gasteiger partial charge >= 0.3 is 17.9 Å². The number of fused-ring (bicyclic) bond motifs is 6. The highest BCUT2D eigenvalue weighted by Gasteiger charge is 2.84. The highest BCUT2D eigenvalue weighted by Crippen LogP contribution is 2.80. The zero-order valence-electron chi connectivity index (χ0n) is 25.7. The maximum absolute atomic E-state index is 14.7. The maximum atomic E-state index is 14.7. The van der Waals surface area contributed by atoms with Crippen LogP contribution in [0, 0.1) is 39.9 Å². The second-order valence-corrected chi connectivity index (χ2v) is 14.5. The summed E-state index contributed by atoms with van der Waals surface area (Å²) in [5.74, 6) is -3.18. The topological polar surface area (TPSA) is 116 Å². The summed E-state index contributed by atoms with van der Waals surface area (Å²) in [6.45, 7) is 15.1. The van der Waals surface area contributed by atoms with Crippen molar-refractivity contribution < 1.29 is 38.5 Å². The number of carbonyl (C=O) groups is 4. The molecule has 43 heavy (non-hydrogen) atoms. The van der Waals surface area contributed by atoms with Gasteiger partial charge in [0.1, 0.15) is 18.3 Å². The second-order valence-electron chi connectivity index (χ2n) is 14.5. The molecule has 2 bridgehead atoms. The largest absolute Gasteiger partial charge is 0.460 e. The summed E-state index contributed by atoms with van der Waals surface area (Å²) < 4.78 is 18.8. The van der Waals surface area contributed by atoms with Gasteiger partial charge in [-0.1, -0.05) is 42.9 Å². The van der Waals surface area contributed by atoms with Gasteiger partial charge < -0.3 is 19.3 Å². The van der Waals surface area contributed by atoms with Gasteiger partial charge in [-0.3, -0.25) is 9.59 Å². The fourth-order valence-corrected chi connectivity index (χ4v) is 10.5. The minimum Gasteiger partial charge on any atom is -0.460 e. The molecule has 228 valence electrons. The predicted molar refractivity (Wildman–Crippen MR) is 155 cm³/mol. The van der Waals surface area contributed by atoms with Crippen LogP contribution in [-0.4, -0.2) is 52.7 Å². The lowest BCUT2D eigenvalue weighted by molar-refractivity contribution is -0.159. The third kappa shape index (κ3) is 3.20. The number of carbonyl (C=O) groups excluding carboxylic acids is 4. The molecule has 5 aliphatic carbocycles. The molecule has 1 spiro atoms. The van der Waals surface area contributed by atoms with E-state index in [0.717, 1.165) is 11.1 Å². The molecule has 2 saturated heterocycles. The summed E-state index contributed by atoms with van der Waals surface area (Å²) in [5.41, 5.74) is -1.13. The number of rotatable bonds is 2. The van der Waals surface area contributed by atoms with Gasteiger partial charge in [0.2, 0.25) is 0 Å². The van der Waals surface area contributed by atoms with Crippen molar-refractivity contribution in [2.75, 3.05) is 0 Å². The van der Waals surface area contributed by atoms with Crippen LogP contribution < -0.4 is 0 Å². The molecule has 2 saturated carbocycles.